The molecule has 0 radical (unpaired) electrons. The fraction of sp³-hybridized carbons (Fsp3) is 0.741. The lowest BCUT2D eigenvalue weighted by Gasteiger charge is -2.21. The van der Waals surface area contributed by atoms with Crippen LogP contribution in [0.3, 0.4) is 0 Å². The molecule has 19 heteroatoms. The summed E-state index contributed by atoms with van der Waals surface area (Å²) < 4.78 is 68.7. The lowest BCUT2D eigenvalue weighted by Crippen LogP contribution is -2.30. The fourth-order valence-electron chi connectivity index (χ4n) is 11.0. The molecule has 0 spiro atoms. The lowest BCUT2D eigenvalue weighted by atomic mass is 10.0. The van der Waals surface area contributed by atoms with Crippen LogP contribution in [0.4, 0.5) is 0 Å². The number of allylic oxidation sites excluding steroid dienone is 18. The van der Waals surface area contributed by atoms with Crippen LogP contribution in [-0.2, 0) is 65.4 Å². The second-order valence-electron chi connectivity index (χ2n) is 27.3. The Morgan fingerprint density at radius 1 is 0.279 bits per heavy atom. The van der Waals surface area contributed by atoms with Crippen molar-refractivity contribution in [3.63, 3.8) is 0 Å². The van der Waals surface area contributed by atoms with Crippen LogP contribution in [0.25, 0.3) is 0 Å². The first-order valence-corrected chi connectivity index (χ1v) is 44.1. The van der Waals surface area contributed by atoms with Crippen LogP contribution in [0.2, 0.25) is 0 Å². The van der Waals surface area contributed by atoms with Crippen LogP contribution in [0.5, 0.6) is 0 Å². The Kier molecular flexibility index (Phi) is 73.7. The topological polar surface area (TPSA) is 237 Å². The van der Waals surface area contributed by atoms with E-state index in [4.69, 9.17) is 37.0 Å². The van der Waals surface area contributed by atoms with Gasteiger partial charge in [-0.2, -0.15) is 0 Å². The third-order valence-electron chi connectivity index (χ3n) is 17.2. The smallest absolute Gasteiger partial charge is 0.462 e. The van der Waals surface area contributed by atoms with E-state index in [9.17, 15) is 43.2 Å². The van der Waals surface area contributed by atoms with Crippen molar-refractivity contribution in [1.29, 1.82) is 0 Å². The molecule has 0 amide bonds. The molecule has 5 unspecified atom stereocenters. The minimum absolute atomic E-state index is 0.0761. The third-order valence-corrected chi connectivity index (χ3v) is 19.1. The highest BCUT2D eigenvalue weighted by Gasteiger charge is 2.30. The molecule has 0 saturated heterocycles. The minimum Gasteiger partial charge on any atom is -0.462 e. The maximum absolute atomic E-state index is 13.1. The Hall–Kier alpha value is -4.28. The summed E-state index contributed by atoms with van der Waals surface area (Å²) in [7, 11) is -9.97. The highest BCUT2D eigenvalue weighted by atomic mass is 31.2. The van der Waals surface area contributed by atoms with Crippen LogP contribution >= 0.6 is 15.6 Å². The van der Waals surface area contributed by atoms with Crippen molar-refractivity contribution in [3.8, 4) is 0 Å². The maximum atomic E-state index is 13.1. The van der Waals surface area contributed by atoms with E-state index in [0.717, 1.165) is 186 Å². The molecule has 0 bridgehead atoms. The van der Waals surface area contributed by atoms with Crippen molar-refractivity contribution < 1.29 is 80.2 Å². The molecular formula is C85H148O17P2. The number of phosphoric ester groups is 2. The van der Waals surface area contributed by atoms with Gasteiger partial charge in [-0.25, -0.2) is 9.13 Å². The van der Waals surface area contributed by atoms with Gasteiger partial charge in [-0.15, -0.1) is 0 Å². The Labute approximate surface area is 632 Å². The quantitative estimate of drug-likeness (QED) is 0.0169. The molecule has 0 aromatic rings. The van der Waals surface area contributed by atoms with Crippen LogP contribution < -0.4 is 0 Å². The Morgan fingerprint density at radius 2 is 0.500 bits per heavy atom. The van der Waals surface area contributed by atoms with Gasteiger partial charge >= 0.3 is 39.5 Å². The van der Waals surface area contributed by atoms with Gasteiger partial charge in [0.25, 0.3) is 0 Å². The monoisotopic (exact) mass is 1500 g/mol. The molecule has 0 aromatic carbocycles. The van der Waals surface area contributed by atoms with Gasteiger partial charge in [-0.3, -0.25) is 37.3 Å². The first kappa shape index (κ1) is 99.7. The van der Waals surface area contributed by atoms with Crippen molar-refractivity contribution in [2.24, 2.45) is 0 Å². The number of aliphatic hydroxyl groups excluding tert-OH is 1. The van der Waals surface area contributed by atoms with Gasteiger partial charge in [0.15, 0.2) is 12.2 Å². The summed E-state index contributed by atoms with van der Waals surface area (Å²) in [5.74, 6) is -2.21. The van der Waals surface area contributed by atoms with Crippen molar-refractivity contribution >= 4 is 39.5 Å². The van der Waals surface area contributed by atoms with E-state index in [2.05, 4.69) is 137 Å². The molecule has 0 aliphatic heterocycles. The van der Waals surface area contributed by atoms with E-state index in [1.54, 1.807) is 0 Å². The summed E-state index contributed by atoms with van der Waals surface area (Å²) in [6.45, 7) is 4.63. The second-order valence-corrected chi connectivity index (χ2v) is 30.2. The van der Waals surface area contributed by atoms with Crippen molar-refractivity contribution in [1.82, 2.24) is 0 Å². The largest absolute Gasteiger partial charge is 0.472 e. The van der Waals surface area contributed by atoms with Crippen molar-refractivity contribution in [3.05, 3.63) is 109 Å². The number of aliphatic hydroxyl groups is 1. The molecule has 600 valence electrons. The highest BCUT2D eigenvalue weighted by Crippen LogP contribution is 2.45. The summed E-state index contributed by atoms with van der Waals surface area (Å²) in [5.41, 5.74) is 0. The summed E-state index contributed by atoms with van der Waals surface area (Å²) in [6.07, 6.45) is 83.4. The molecular weight excluding hydrogens is 1350 g/mol. The number of hydrogen-bond donors (Lipinski definition) is 3. The molecule has 5 atom stereocenters. The number of carbonyl (C=O) groups excluding carboxylic acids is 4. The van der Waals surface area contributed by atoms with Crippen LogP contribution in [0, 0.1) is 0 Å². The molecule has 0 rings (SSSR count). The minimum atomic E-state index is -4.99. The zero-order valence-corrected chi connectivity index (χ0v) is 67.5. The van der Waals surface area contributed by atoms with Gasteiger partial charge in [0.2, 0.25) is 0 Å². The predicted molar refractivity (Wildman–Crippen MR) is 427 cm³/mol. The molecule has 0 aliphatic carbocycles. The molecule has 0 aliphatic rings. The number of phosphoric acid groups is 2. The number of ether oxygens (including phenoxy) is 4. The van der Waals surface area contributed by atoms with E-state index in [0.29, 0.717) is 25.7 Å². The van der Waals surface area contributed by atoms with E-state index in [1.807, 2.05) is 0 Å². The fourth-order valence-corrected chi connectivity index (χ4v) is 12.6. The first-order chi connectivity index (χ1) is 50.7. The zero-order chi connectivity index (χ0) is 76.0. The first-order valence-electron chi connectivity index (χ1n) is 41.1. The van der Waals surface area contributed by atoms with E-state index in [-0.39, 0.29) is 25.7 Å². The van der Waals surface area contributed by atoms with Gasteiger partial charge in [-0.1, -0.05) is 304 Å². The van der Waals surface area contributed by atoms with Gasteiger partial charge < -0.3 is 33.8 Å². The van der Waals surface area contributed by atoms with Crippen LogP contribution in [0.15, 0.2) is 109 Å². The molecule has 104 heavy (non-hydrogen) atoms. The highest BCUT2D eigenvalue weighted by molar-refractivity contribution is 7.47. The Balaban J connectivity index is 5.38. The molecule has 0 saturated carbocycles. The number of hydrogen-bond acceptors (Lipinski definition) is 15. The number of carbonyl (C=O) groups is 4. The Bertz CT molecular complexity index is 2390. The SMILES string of the molecule is CC/C=C\C/C=C\C/C=C\C/C=C\CCCCCCC(=O)OCC(COP(=O)(O)OCC(O)COP(=O)(O)OCC(COC(=O)CCCCCCCCC/C=C\C/C=C\C/C=C\CC)OC(=O)CCCCCCC/C=C\C/C=C\CCCCC)OC(=O)CCCCCCCCCCCCCCCCC. The molecule has 0 heterocycles. The molecule has 17 nitrogen and oxygen atoms in total. The molecule has 0 fully saturated rings. The Morgan fingerprint density at radius 3 is 0.788 bits per heavy atom. The second kappa shape index (κ2) is 76.9. The summed E-state index contributed by atoms with van der Waals surface area (Å²) >= 11 is 0. The van der Waals surface area contributed by atoms with Gasteiger partial charge in [0, 0.05) is 25.7 Å². The number of unbranched alkanes of at least 4 members (excludes halogenated alkanes) is 33. The van der Waals surface area contributed by atoms with Crippen LogP contribution in [-0.4, -0.2) is 96.7 Å². The van der Waals surface area contributed by atoms with Crippen molar-refractivity contribution in [2.45, 2.75) is 367 Å². The summed E-state index contributed by atoms with van der Waals surface area (Å²) in [6, 6.07) is 0. The lowest BCUT2D eigenvalue weighted by molar-refractivity contribution is -0.161. The number of rotatable bonds is 77. The van der Waals surface area contributed by atoms with E-state index < -0.39 is 97.5 Å². The third kappa shape index (κ3) is 75.9. The van der Waals surface area contributed by atoms with E-state index >= 15 is 0 Å². The van der Waals surface area contributed by atoms with Crippen molar-refractivity contribution in [2.75, 3.05) is 39.6 Å². The van der Waals surface area contributed by atoms with Crippen LogP contribution in [0.1, 0.15) is 349 Å². The summed E-state index contributed by atoms with van der Waals surface area (Å²) in [4.78, 5) is 73.1. The van der Waals surface area contributed by atoms with Gasteiger partial charge in [-0.05, 0) is 128 Å². The normalized spacial score (nSPS) is 14.4. The standard InChI is InChI=1S/C85H148O17P2/c1-5-9-13-17-21-25-29-33-37-39-43-45-49-53-57-61-65-69-82(87)95-75-80(101-84(89)71-67-63-59-55-51-47-41-35-31-27-23-19-15-11-7-3)77-99-103(91,92)97-73-79(86)74-98-104(93,94)100-78-81(102-85(90)72-68-64-60-56-52-48-42-36-32-28-24-20-16-12-8-4)76-96-83(88)70-66-62-58-54-50-46-44-40-38-34-30-26-22-18-14-10-6-2/h9-10,13-14,21-23,25-27,33-35,37-38,41,44,46,79-81,86H,5-8,11-12,15-20,24,28-32,36,39-40,42-43,45,47-78H2,1-4H3,(H,91,92)(H,93,94)/b13-9-,14-10-,25-21-,26-22-,27-23-,37-33-,38-34-,41-35-,46-44-. The molecule has 0 aromatic heterocycles. The average Bonchev–Trinajstić information content (AvgIpc) is 0.937. The molecule has 3 N–H and O–H groups in total. The zero-order valence-electron chi connectivity index (χ0n) is 65.7. The maximum Gasteiger partial charge on any atom is 0.472 e. The predicted octanol–water partition coefficient (Wildman–Crippen LogP) is 24.1. The van der Waals surface area contributed by atoms with Gasteiger partial charge in [0.05, 0.1) is 26.4 Å². The van der Waals surface area contributed by atoms with E-state index in [1.165, 1.54) is 83.5 Å². The summed E-state index contributed by atoms with van der Waals surface area (Å²) in [5, 5.41) is 10.7. The van der Waals surface area contributed by atoms with Gasteiger partial charge in [0.1, 0.15) is 19.3 Å². The number of esters is 4. The average molecular weight is 1500 g/mol.